The van der Waals surface area contributed by atoms with Gasteiger partial charge in [-0.1, -0.05) is 0 Å². The van der Waals surface area contributed by atoms with E-state index in [1.54, 1.807) is 0 Å². The molecule has 0 bridgehead atoms. The molecule has 0 radical (unpaired) electrons. The molecule has 1 unspecified atom stereocenters. The van der Waals surface area contributed by atoms with Crippen LogP contribution in [0.5, 0.6) is 0 Å². The number of hydrogen-bond acceptors (Lipinski definition) is 5. The van der Waals surface area contributed by atoms with E-state index in [1.807, 2.05) is 0 Å². The summed E-state index contributed by atoms with van der Waals surface area (Å²) in [5.41, 5.74) is 0. The Labute approximate surface area is 73.7 Å². The van der Waals surface area contributed by atoms with Crippen LogP contribution in [-0.2, 0) is 9.53 Å². The van der Waals surface area contributed by atoms with Crippen molar-refractivity contribution in [2.75, 3.05) is 12.9 Å². The fraction of sp³-hybridized carbons (Fsp3) is 0.600. The molecule has 0 aliphatic carbocycles. The first-order valence-corrected chi connectivity index (χ1v) is 4.19. The largest absolute Gasteiger partial charge is 0.480 e. The maximum atomic E-state index is 10.5. The molecule has 0 amide bonds. The summed E-state index contributed by atoms with van der Waals surface area (Å²) in [6, 6.07) is 0. The monoisotopic (exact) mass is 196 g/mol. The summed E-state index contributed by atoms with van der Waals surface area (Å²) in [6.45, 7) is 0. The molecule has 0 aromatic heterocycles. The quantitative estimate of drug-likeness (QED) is 0.518. The zero-order valence-corrected chi connectivity index (χ0v) is 7.52. The number of aliphatic carboxylic acids is 1. The van der Waals surface area contributed by atoms with Gasteiger partial charge < -0.3 is 9.84 Å². The number of carboxylic acid groups (broad SMARTS) is 1. The molecule has 0 fully saturated rings. The minimum atomic E-state index is -1.04. The molecule has 0 aromatic carbocycles. The van der Waals surface area contributed by atoms with Gasteiger partial charge in [-0.2, -0.15) is 12.6 Å². The summed E-state index contributed by atoms with van der Waals surface area (Å²) in [6.07, 6.45) is 0. The molecule has 11 heavy (non-hydrogen) atoms. The van der Waals surface area contributed by atoms with Gasteiger partial charge in [0.1, 0.15) is 5.25 Å². The first-order chi connectivity index (χ1) is 5.07. The van der Waals surface area contributed by atoms with Gasteiger partial charge in [-0.3, -0.25) is 4.79 Å². The number of ether oxygens (including phenoxy) is 1. The lowest BCUT2D eigenvalue weighted by molar-refractivity contribution is -0.135. The lowest BCUT2D eigenvalue weighted by atomic mass is 10.5. The van der Waals surface area contributed by atoms with Crippen LogP contribution in [-0.4, -0.2) is 34.5 Å². The molecule has 0 aliphatic rings. The molecule has 0 spiro atoms. The Bertz CT molecular complexity index is 159. The van der Waals surface area contributed by atoms with Crippen LogP contribution >= 0.6 is 24.4 Å². The summed E-state index contributed by atoms with van der Waals surface area (Å²) in [5.74, 6) is -0.921. The molecule has 64 valence electrons. The van der Waals surface area contributed by atoms with E-state index >= 15 is 0 Å². The Hall–Kier alpha value is -0.360. The zero-order chi connectivity index (χ0) is 8.85. The van der Waals surface area contributed by atoms with Crippen molar-refractivity contribution in [1.29, 1.82) is 0 Å². The molecule has 0 saturated heterocycles. The first kappa shape index (κ1) is 10.6. The SMILES string of the molecule is COC(=O)SCC(S)C(=O)O. The third kappa shape index (κ3) is 4.97. The summed E-state index contributed by atoms with van der Waals surface area (Å²) < 4.78 is 4.28. The van der Waals surface area contributed by atoms with Gasteiger partial charge in [0.05, 0.1) is 7.11 Å². The smallest absolute Gasteiger partial charge is 0.367 e. The topological polar surface area (TPSA) is 63.6 Å². The second-order valence-electron chi connectivity index (χ2n) is 1.62. The van der Waals surface area contributed by atoms with E-state index in [2.05, 4.69) is 17.4 Å². The molecule has 6 heteroatoms. The highest BCUT2D eigenvalue weighted by Gasteiger charge is 2.14. The van der Waals surface area contributed by atoms with Gasteiger partial charge in [0.2, 0.25) is 0 Å². The minimum absolute atomic E-state index is 0.116. The van der Waals surface area contributed by atoms with E-state index < -0.39 is 16.5 Å². The van der Waals surface area contributed by atoms with Crippen molar-refractivity contribution in [3.8, 4) is 0 Å². The van der Waals surface area contributed by atoms with Crippen LogP contribution in [0.3, 0.4) is 0 Å². The number of hydrogen-bond donors (Lipinski definition) is 2. The third-order valence-electron chi connectivity index (χ3n) is 0.811. The first-order valence-electron chi connectivity index (χ1n) is 2.69. The summed E-state index contributed by atoms with van der Waals surface area (Å²) in [7, 11) is 1.24. The van der Waals surface area contributed by atoms with Crippen molar-refractivity contribution in [3.05, 3.63) is 0 Å². The highest BCUT2D eigenvalue weighted by atomic mass is 32.2. The predicted octanol–water partition coefficient (Wildman–Crippen LogP) is 0.869. The van der Waals surface area contributed by atoms with Gasteiger partial charge >= 0.3 is 11.3 Å². The van der Waals surface area contributed by atoms with Crippen LogP contribution in [0.2, 0.25) is 0 Å². The van der Waals surface area contributed by atoms with Crippen molar-refractivity contribution >= 4 is 35.7 Å². The highest BCUT2D eigenvalue weighted by Crippen LogP contribution is 2.09. The van der Waals surface area contributed by atoms with Crippen LogP contribution in [0.1, 0.15) is 0 Å². The fourth-order valence-electron chi connectivity index (χ4n) is 0.277. The lowest BCUT2D eigenvalue weighted by Gasteiger charge is -2.01. The van der Waals surface area contributed by atoms with E-state index in [4.69, 9.17) is 5.11 Å². The standard InChI is InChI=1S/C5H8O4S2/c1-9-5(8)11-2-3(10)4(6)7/h3,10H,2H2,1H3,(H,6,7). The Balaban J connectivity index is 3.54. The number of thioether (sulfide) groups is 1. The van der Waals surface area contributed by atoms with Crippen molar-refractivity contribution in [2.24, 2.45) is 0 Å². The van der Waals surface area contributed by atoms with Crippen molar-refractivity contribution < 1.29 is 19.4 Å². The third-order valence-corrected chi connectivity index (χ3v) is 2.36. The maximum Gasteiger partial charge on any atom is 0.367 e. The molecule has 0 rings (SSSR count). The number of rotatable bonds is 3. The van der Waals surface area contributed by atoms with Gasteiger partial charge in [0.15, 0.2) is 0 Å². The number of thiol groups is 1. The van der Waals surface area contributed by atoms with Crippen LogP contribution in [0.25, 0.3) is 0 Å². The van der Waals surface area contributed by atoms with E-state index in [0.717, 1.165) is 11.8 Å². The summed E-state index contributed by atoms with van der Waals surface area (Å²) >= 11 is 4.50. The number of methoxy groups -OCH3 is 1. The molecule has 4 nitrogen and oxygen atoms in total. The lowest BCUT2D eigenvalue weighted by Crippen LogP contribution is -2.16. The molecule has 0 saturated carbocycles. The van der Waals surface area contributed by atoms with E-state index in [1.165, 1.54) is 7.11 Å². The number of carbonyl (C=O) groups is 2. The Morgan fingerprint density at radius 1 is 1.73 bits per heavy atom. The van der Waals surface area contributed by atoms with Crippen LogP contribution in [0.4, 0.5) is 4.79 Å². The molecule has 1 N–H and O–H groups in total. The normalized spacial score (nSPS) is 12.2. The summed E-state index contributed by atoms with van der Waals surface area (Å²) in [5, 5.41) is 7.01. The van der Waals surface area contributed by atoms with Crippen molar-refractivity contribution in [2.45, 2.75) is 5.25 Å². The van der Waals surface area contributed by atoms with E-state index in [9.17, 15) is 9.59 Å². The molecule has 0 heterocycles. The molecular weight excluding hydrogens is 188 g/mol. The molecular formula is C5H8O4S2. The van der Waals surface area contributed by atoms with E-state index in [-0.39, 0.29) is 5.75 Å². The molecule has 0 aliphatic heterocycles. The summed E-state index contributed by atoms with van der Waals surface area (Å²) in [4.78, 5) is 20.6. The van der Waals surface area contributed by atoms with Crippen LogP contribution in [0, 0.1) is 0 Å². The number of carboxylic acids is 1. The fourth-order valence-corrected chi connectivity index (χ4v) is 1.06. The van der Waals surface area contributed by atoms with E-state index in [0.29, 0.717) is 0 Å². The Kier molecular flexibility index (Phi) is 5.14. The average molecular weight is 196 g/mol. The zero-order valence-electron chi connectivity index (χ0n) is 5.81. The predicted molar refractivity (Wildman–Crippen MR) is 45.3 cm³/mol. The van der Waals surface area contributed by atoms with Gasteiger partial charge in [-0.25, -0.2) is 4.79 Å². The maximum absolute atomic E-state index is 10.5. The van der Waals surface area contributed by atoms with Crippen molar-refractivity contribution in [1.82, 2.24) is 0 Å². The average Bonchev–Trinajstić information content (AvgIpc) is 1.99. The number of carbonyl (C=O) groups excluding carboxylic acids is 1. The van der Waals surface area contributed by atoms with Gasteiger partial charge in [0.25, 0.3) is 0 Å². The van der Waals surface area contributed by atoms with Gasteiger partial charge in [-0.15, -0.1) is 0 Å². The van der Waals surface area contributed by atoms with Crippen LogP contribution < -0.4 is 0 Å². The molecule has 1 atom stereocenters. The second kappa shape index (κ2) is 5.31. The van der Waals surface area contributed by atoms with Crippen molar-refractivity contribution in [3.63, 3.8) is 0 Å². The Morgan fingerprint density at radius 2 is 2.27 bits per heavy atom. The second-order valence-corrected chi connectivity index (χ2v) is 3.20. The van der Waals surface area contributed by atoms with Crippen LogP contribution in [0.15, 0.2) is 0 Å². The minimum Gasteiger partial charge on any atom is -0.480 e. The van der Waals surface area contributed by atoms with Gasteiger partial charge in [-0.05, 0) is 11.8 Å². The van der Waals surface area contributed by atoms with Gasteiger partial charge in [0, 0.05) is 5.75 Å². The Morgan fingerprint density at radius 3 is 2.64 bits per heavy atom. The highest BCUT2D eigenvalue weighted by molar-refractivity contribution is 8.13. The molecule has 0 aromatic rings.